The van der Waals surface area contributed by atoms with Gasteiger partial charge >= 0.3 is 0 Å². The van der Waals surface area contributed by atoms with Crippen LogP contribution in [0.1, 0.15) is 13.3 Å². The van der Waals surface area contributed by atoms with Crippen LogP contribution in [0.3, 0.4) is 0 Å². The molecule has 0 bridgehead atoms. The molecule has 1 aromatic heterocycles. The lowest BCUT2D eigenvalue weighted by molar-refractivity contribution is -0.117. The molecule has 148 valence electrons. The number of nitrogens with zero attached hydrogens (tertiary/aromatic N) is 3. The van der Waals surface area contributed by atoms with Gasteiger partial charge < -0.3 is 14.6 Å². The number of para-hydroxylation sites is 2. The van der Waals surface area contributed by atoms with E-state index in [1.54, 1.807) is 11.0 Å². The first-order chi connectivity index (χ1) is 14.0. The van der Waals surface area contributed by atoms with Gasteiger partial charge in [-0.25, -0.2) is 0 Å². The number of benzene rings is 2. The predicted molar refractivity (Wildman–Crippen MR) is 115 cm³/mol. The SMILES string of the molecule is CC1CC(=O)Nc2ccccc2N1C(=O)CSc1nnc(-c2cccc(Br)c2)o1. The molecule has 0 saturated carbocycles. The molecule has 1 aliphatic heterocycles. The molecule has 7 nitrogen and oxygen atoms in total. The molecule has 0 radical (unpaired) electrons. The van der Waals surface area contributed by atoms with Crippen LogP contribution in [0, 0.1) is 0 Å². The van der Waals surface area contributed by atoms with Gasteiger partial charge in [-0.15, -0.1) is 10.2 Å². The second-order valence-corrected chi connectivity index (χ2v) is 8.40. The van der Waals surface area contributed by atoms with Gasteiger partial charge in [-0.2, -0.15) is 0 Å². The van der Waals surface area contributed by atoms with Gasteiger partial charge in [0, 0.05) is 22.5 Å². The smallest absolute Gasteiger partial charge is 0.277 e. The number of nitrogens with one attached hydrogen (secondary N) is 1. The summed E-state index contributed by atoms with van der Waals surface area (Å²) in [6, 6.07) is 14.6. The standard InChI is InChI=1S/C20H17BrN4O3S/c1-12-9-17(26)22-15-7-2-3-8-16(15)25(12)18(27)11-29-20-24-23-19(28-20)13-5-4-6-14(21)10-13/h2-8,10,12H,9,11H2,1H3,(H,22,26). The molecule has 2 amide bonds. The predicted octanol–water partition coefficient (Wildman–Crippen LogP) is 4.36. The Morgan fingerprint density at radius 1 is 1.28 bits per heavy atom. The molecule has 4 rings (SSSR count). The molecule has 9 heteroatoms. The van der Waals surface area contributed by atoms with Crippen LogP contribution in [0.4, 0.5) is 11.4 Å². The van der Waals surface area contributed by atoms with E-state index < -0.39 is 0 Å². The molecular weight excluding hydrogens is 456 g/mol. The molecular formula is C20H17BrN4O3S. The second-order valence-electron chi connectivity index (χ2n) is 6.55. The Hall–Kier alpha value is -2.65. The number of carbonyl (C=O) groups is 2. The van der Waals surface area contributed by atoms with Crippen LogP contribution in [0.2, 0.25) is 0 Å². The highest BCUT2D eigenvalue weighted by atomic mass is 79.9. The number of anilines is 2. The number of halogens is 1. The molecule has 1 aliphatic rings. The molecule has 29 heavy (non-hydrogen) atoms. The average molecular weight is 473 g/mol. The zero-order chi connectivity index (χ0) is 20.4. The van der Waals surface area contributed by atoms with Crippen LogP contribution in [-0.2, 0) is 9.59 Å². The third kappa shape index (κ3) is 4.35. The summed E-state index contributed by atoms with van der Waals surface area (Å²) in [4.78, 5) is 26.7. The first kappa shape index (κ1) is 19.7. The summed E-state index contributed by atoms with van der Waals surface area (Å²) in [6.45, 7) is 1.86. The molecule has 1 unspecified atom stereocenters. The molecule has 2 heterocycles. The van der Waals surface area contributed by atoms with E-state index in [0.717, 1.165) is 10.0 Å². The van der Waals surface area contributed by atoms with Gasteiger partial charge in [0.15, 0.2) is 0 Å². The first-order valence-corrected chi connectivity index (χ1v) is 10.7. The molecule has 0 aliphatic carbocycles. The van der Waals surface area contributed by atoms with Crippen molar-refractivity contribution in [1.82, 2.24) is 10.2 Å². The van der Waals surface area contributed by atoms with E-state index in [2.05, 4.69) is 31.4 Å². The van der Waals surface area contributed by atoms with Gasteiger partial charge in [0.05, 0.1) is 17.1 Å². The number of hydrogen-bond acceptors (Lipinski definition) is 6. The van der Waals surface area contributed by atoms with E-state index in [4.69, 9.17) is 4.42 Å². The van der Waals surface area contributed by atoms with Gasteiger partial charge in [0.1, 0.15) is 0 Å². The number of fused-ring (bicyclic) bond motifs is 1. The Kier molecular flexibility index (Phi) is 5.68. The topological polar surface area (TPSA) is 88.3 Å². The van der Waals surface area contributed by atoms with Gasteiger partial charge in [-0.05, 0) is 37.3 Å². The third-order valence-electron chi connectivity index (χ3n) is 4.43. The maximum absolute atomic E-state index is 13.0. The van der Waals surface area contributed by atoms with Crippen LogP contribution in [0.25, 0.3) is 11.5 Å². The van der Waals surface area contributed by atoms with Gasteiger partial charge in [-0.3, -0.25) is 9.59 Å². The van der Waals surface area contributed by atoms with Crippen molar-refractivity contribution in [2.24, 2.45) is 0 Å². The summed E-state index contributed by atoms with van der Waals surface area (Å²) in [7, 11) is 0. The van der Waals surface area contributed by atoms with Crippen LogP contribution < -0.4 is 10.2 Å². The maximum Gasteiger partial charge on any atom is 0.277 e. The summed E-state index contributed by atoms with van der Waals surface area (Å²) in [5, 5.41) is 11.3. The lowest BCUT2D eigenvalue weighted by Crippen LogP contribution is -2.40. The minimum atomic E-state index is -0.258. The summed E-state index contributed by atoms with van der Waals surface area (Å²) in [5.74, 6) is 0.272. The molecule has 0 spiro atoms. The van der Waals surface area contributed by atoms with E-state index >= 15 is 0 Å². The average Bonchev–Trinajstić information content (AvgIpc) is 3.12. The lowest BCUT2D eigenvalue weighted by Gasteiger charge is -2.27. The van der Waals surface area contributed by atoms with Crippen molar-refractivity contribution in [3.8, 4) is 11.5 Å². The van der Waals surface area contributed by atoms with Crippen molar-refractivity contribution >= 4 is 50.9 Å². The van der Waals surface area contributed by atoms with Gasteiger partial charge in [-0.1, -0.05) is 45.9 Å². The fourth-order valence-corrected chi connectivity index (χ4v) is 4.19. The number of aromatic nitrogens is 2. The monoisotopic (exact) mass is 472 g/mol. The molecule has 1 atom stereocenters. The van der Waals surface area contributed by atoms with Crippen LogP contribution in [-0.4, -0.2) is 33.8 Å². The Morgan fingerprint density at radius 2 is 2.10 bits per heavy atom. The van der Waals surface area contributed by atoms with E-state index in [9.17, 15) is 9.59 Å². The Labute approximate surface area is 180 Å². The highest BCUT2D eigenvalue weighted by Gasteiger charge is 2.29. The highest BCUT2D eigenvalue weighted by molar-refractivity contribution is 9.10. The highest BCUT2D eigenvalue weighted by Crippen LogP contribution is 2.32. The Bertz CT molecular complexity index is 1070. The van der Waals surface area contributed by atoms with Crippen molar-refractivity contribution in [2.75, 3.05) is 16.0 Å². The molecule has 2 aromatic carbocycles. The molecule has 3 aromatic rings. The van der Waals surface area contributed by atoms with Crippen LogP contribution >= 0.6 is 27.7 Å². The molecule has 1 N–H and O–H groups in total. The number of hydrogen-bond donors (Lipinski definition) is 1. The van der Waals surface area contributed by atoms with Crippen LogP contribution in [0.15, 0.2) is 62.6 Å². The quantitative estimate of drug-likeness (QED) is 0.567. The minimum Gasteiger partial charge on any atom is -0.411 e. The summed E-state index contributed by atoms with van der Waals surface area (Å²) in [5.41, 5.74) is 2.12. The zero-order valence-electron chi connectivity index (χ0n) is 15.5. The largest absolute Gasteiger partial charge is 0.411 e. The third-order valence-corrected chi connectivity index (χ3v) is 5.72. The Morgan fingerprint density at radius 3 is 2.93 bits per heavy atom. The molecule has 0 saturated heterocycles. The first-order valence-electron chi connectivity index (χ1n) is 8.94. The summed E-state index contributed by atoms with van der Waals surface area (Å²) < 4.78 is 6.59. The van der Waals surface area contributed by atoms with Gasteiger partial charge in [0.2, 0.25) is 17.7 Å². The number of carbonyl (C=O) groups excluding carboxylic acids is 2. The Balaban J connectivity index is 1.49. The van der Waals surface area contributed by atoms with Crippen molar-refractivity contribution in [3.05, 3.63) is 53.0 Å². The lowest BCUT2D eigenvalue weighted by atomic mass is 10.2. The summed E-state index contributed by atoms with van der Waals surface area (Å²) >= 11 is 4.59. The van der Waals surface area contributed by atoms with E-state index in [1.807, 2.05) is 49.4 Å². The van der Waals surface area contributed by atoms with E-state index in [0.29, 0.717) is 22.5 Å². The molecule has 0 fully saturated rings. The van der Waals surface area contributed by atoms with Crippen molar-refractivity contribution < 1.29 is 14.0 Å². The number of amides is 2. The van der Waals surface area contributed by atoms with Crippen LogP contribution in [0.5, 0.6) is 0 Å². The van der Waals surface area contributed by atoms with Gasteiger partial charge in [0.25, 0.3) is 5.22 Å². The van der Waals surface area contributed by atoms with Crippen molar-refractivity contribution in [2.45, 2.75) is 24.6 Å². The van der Waals surface area contributed by atoms with Crippen molar-refractivity contribution in [1.29, 1.82) is 0 Å². The fraction of sp³-hybridized carbons (Fsp3) is 0.200. The number of rotatable bonds is 4. The summed E-state index contributed by atoms with van der Waals surface area (Å²) in [6.07, 6.45) is 0.235. The minimum absolute atomic E-state index is 0.108. The number of thioether (sulfide) groups is 1. The fourth-order valence-electron chi connectivity index (χ4n) is 3.17. The van der Waals surface area contributed by atoms with Crippen molar-refractivity contribution in [3.63, 3.8) is 0 Å². The van der Waals surface area contributed by atoms with E-state index in [-0.39, 0.29) is 30.0 Å². The second kappa shape index (κ2) is 8.38. The maximum atomic E-state index is 13.0. The normalized spacial score (nSPS) is 16.1. The zero-order valence-corrected chi connectivity index (χ0v) is 17.9. The van der Waals surface area contributed by atoms with E-state index in [1.165, 1.54) is 11.8 Å².